The van der Waals surface area contributed by atoms with Gasteiger partial charge in [-0.05, 0) is 45.0 Å². The lowest BCUT2D eigenvalue weighted by Gasteiger charge is -2.26. The second-order valence-electron chi connectivity index (χ2n) is 6.25. The number of nitro groups is 1. The van der Waals surface area contributed by atoms with E-state index in [0.717, 1.165) is 25.1 Å². The average Bonchev–Trinajstić information content (AvgIpc) is 3.00. The lowest BCUT2D eigenvalue weighted by Crippen LogP contribution is -2.39. The van der Waals surface area contributed by atoms with E-state index in [-0.39, 0.29) is 11.7 Å². The summed E-state index contributed by atoms with van der Waals surface area (Å²) in [6.45, 7) is 11.1. The normalized spacial score (nSPS) is 17.4. The first-order valence-electron chi connectivity index (χ1n) is 8.43. The van der Waals surface area contributed by atoms with Crippen LogP contribution in [0, 0.1) is 24.0 Å². The van der Waals surface area contributed by atoms with Crippen molar-refractivity contribution >= 4 is 17.4 Å². The SMILES string of the molecule is CCN(CC)[C@@H]1CCN(C(=O)Nc2cc([N+](=O)[O-])c(C)cc2C)C1. The van der Waals surface area contributed by atoms with Gasteiger partial charge in [-0.25, -0.2) is 4.79 Å². The fourth-order valence-electron chi connectivity index (χ4n) is 3.33. The molecule has 1 aromatic carbocycles. The summed E-state index contributed by atoms with van der Waals surface area (Å²) in [7, 11) is 0. The Hall–Kier alpha value is -2.15. The Morgan fingerprint density at radius 2 is 2.00 bits per heavy atom. The zero-order valence-electron chi connectivity index (χ0n) is 14.8. The highest BCUT2D eigenvalue weighted by molar-refractivity contribution is 5.91. The molecule has 132 valence electrons. The van der Waals surface area contributed by atoms with Gasteiger partial charge in [0.25, 0.3) is 5.69 Å². The fourth-order valence-corrected chi connectivity index (χ4v) is 3.33. The van der Waals surface area contributed by atoms with Crippen molar-refractivity contribution in [1.82, 2.24) is 9.80 Å². The zero-order chi connectivity index (χ0) is 17.9. The molecule has 0 spiro atoms. The third kappa shape index (κ3) is 3.84. The Bertz CT molecular complexity index is 629. The van der Waals surface area contributed by atoms with Crippen LogP contribution in [0.5, 0.6) is 0 Å². The summed E-state index contributed by atoms with van der Waals surface area (Å²) in [5.41, 5.74) is 1.95. The second kappa shape index (κ2) is 7.61. The molecule has 0 radical (unpaired) electrons. The average molecular weight is 334 g/mol. The molecule has 1 aliphatic heterocycles. The van der Waals surface area contributed by atoms with Crippen molar-refractivity contribution in [1.29, 1.82) is 0 Å². The minimum Gasteiger partial charge on any atom is -0.323 e. The summed E-state index contributed by atoms with van der Waals surface area (Å²) in [5.74, 6) is 0. The Labute approximate surface area is 142 Å². The molecule has 24 heavy (non-hydrogen) atoms. The van der Waals surface area contributed by atoms with E-state index in [1.54, 1.807) is 17.9 Å². The molecular weight excluding hydrogens is 308 g/mol. The zero-order valence-corrected chi connectivity index (χ0v) is 14.8. The molecule has 2 amide bonds. The number of hydrogen-bond donors (Lipinski definition) is 1. The number of nitrogens with one attached hydrogen (secondary N) is 1. The summed E-state index contributed by atoms with van der Waals surface area (Å²) < 4.78 is 0. The first-order valence-corrected chi connectivity index (χ1v) is 8.43. The van der Waals surface area contributed by atoms with Gasteiger partial charge in [-0.15, -0.1) is 0 Å². The summed E-state index contributed by atoms with van der Waals surface area (Å²) in [5, 5.41) is 13.9. The summed E-state index contributed by atoms with van der Waals surface area (Å²) >= 11 is 0. The number of amides is 2. The lowest BCUT2D eigenvalue weighted by atomic mass is 10.1. The van der Waals surface area contributed by atoms with Gasteiger partial charge in [-0.1, -0.05) is 13.8 Å². The molecule has 1 N–H and O–H groups in total. The smallest absolute Gasteiger partial charge is 0.321 e. The minimum atomic E-state index is -0.420. The van der Waals surface area contributed by atoms with Crippen LogP contribution in [0.2, 0.25) is 0 Å². The number of nitro benzene ring substituents is 1. The molecule has 1 atom stereocenters. The molecule has 1 saturated heterocycles. The number of urea groups is 1. The van der Waals surface area contributed by atoms with Crippen LogP contribution in [0.25, 0.3) is 0 Å². The van der Waals surface area contributed by atoms with E-state index in [4.69, 9.17) is 0 Å². The van der Waals surface area contributed by atoms with Crippen molar-refractivity contribution < 1.29 is 9.72 Å². The molecule has 7 nitrogen and oxygen atoms in total. The van der Waals surface area contributed by atoms with E-state index >= 15 is 0 Å². The molecule has 0 bridgehead atoms. The van der Waals surface area contributed by atoms with Crippen molar-refractivity contribution in [3.8, 4) is 0 Å². The number of carbonyl (C=O) groups excluding carboxylic acids is 1. The van der Waals surface area contributed by atoms with Crippen LogP contribution in [-0.4, -0.2) is 53.0 Å². The Kier molecular flexibility index (Phi) is 5.77. The predicted molar refractivity (Wildman–Crippen MR) is 94.5 cm³/mol. The van der Waals surface area contributed by atoms with E-state index in [1.165, 1.54) is 6.07 Å². The summed E-state index contributed by atoms with van der Waals surface area (Å²) in [4.78, 5) is 27.3. The van der Waals surface area contributed by atoms with E-state index in [0.29, 0.717) is 30.4 Å². The van der Waals surface area contributed by atoms with E-state index in [2.05, 4.69) is 24.1 Å². The molecule has 0 saturated carbocycles. The maximum atomic E-state index is 12.5. The molecule has 7 heteroatoms. The highest BCUT2D eigenvalue weighted by Crippen LogP contribution is 2.27. The van der Waals surface area contributed by atoms with Crippen LogP contribution in [-0.2, 0) is 0 Å². The predicted octanol–water partition coefficient (Wildman–Crippen LogP) is 3.16. The van der Waals surface area contributed by atoms with Gasteiger partial charge in [0.05, 0.1) is 10.6 Å². The molecule has 0 aromatic heterocycles. The number of nitrogens with zero attached hydrogens (tertiary/aromatic N) is 3. The van der Waals surface area contributed by atoms with Gasteiger partial charge in [0.15, 0.2) is 0 Å². The largest absolute Gasteiger partial charge is 0.323 e. The summed E-state index contributed by atoms with van der Waals surface area (Å²) in [6, 6.07) is 3.38. The van der Waals surface area contributed by atoms with Crippen LogP contribution in [0.3, 0.4) is 0 Å². The molecule has 1 aliphatic rings. The summed E-state index contributed by atoms with van der Waals surface area (Å²) in [6.07, 6.45) is 0.960. The van der Waals surface area contributed by atoms with Crippen molar-refractivity contribution in [3.05, 3.63) is 33.4 Å². The van der Waals surface area contributed by atoms with Crippen LogP contribution in [0.4, 0.5) is 16.2 Å². The Morgan fingerprint density at radius 3 is 2.58 bits per heavy atom. The minimum absolute atomic E-state index is 0.0262. The van der Waals surface area contributed by atoms with Gasteiger partial charge in [0.2, 0.25) is 0 Å². The molecule has 1 fully saturated rings. The maximum absolute atomic E-state index is 12.5. The quantitative estimate of drug-likeness (QED) is 0.662. The number of likely N-dealkylation sites (N-methyl/N-ethyl adjacent to an activating group) is 1. The highest BCUT2D eigenvalue weighted by atomic mass is 16.6. The van der Waals surface area contributed by atoms with E-state index < -0.39 is 4.92 Å². The third-order valence-corrected chi connectivity index (χ3v) is 4.76. The first-order chi connectivity index (χ1) is 11.4. The van der Waals surface area contributed by atoms with Gasteiger partial charge in [-0.2, -0.15) is 0 Å². The number of likely N-dealkylation sites (tertiary alicyclic amines) is 1. The van der Waals surface area contributed by atoms with Gasteiger partial charge < -0.3 is 10.2 Å². The highest BCUT2D eigenvalue weighted by Gasteiger charge is 2.29. The standard InChI is InChI=1S/C17H26N4O3/c1-5-19(6-2)14-7-8-20(11-14)17(22)18-15-10-16(21(23)24)13(4)9-12(15)3/h9-10,14H,5-8,11H2,1-4H3,(H,18,22)/t14-/m1/s1. The Balaban J connectivity index is 2.08. The number of hydrogen-bond acceptors (Lipinski definition) is 4. The van der Waals surface area contributed by atoms with Gasteiger partial charge in [0, 0.05) is 30.8 Å². The van der Waals surface area contributed by atoms with Crippen molar-refractivity contribution in [3.63, 3.8) is 0 Å². The molecule has 1 aromatic rings. The Morgan fingerprint density at radius 1 is 1.33 bits per heavy atom. The van der Waals surface area contributed by atoms with Crippen LogP contribution in [0.15, 0.2) is 12.1 Å². The van der Waals surface area contributed by atoms with E-state index in [1.807, 2.05) is 6.92 Å². The number of aryl methyl sites for hydroxylation is 2. The second-order valence-corrected chi connectivity index (χ2v) is 6.25. The van der Waals surface area contributed by atoms with Crippen molar-refractivity contribution in [2.24, 2.45) is 0 Å². The van der Waals surface area contributed by atoms with Gasteiger partial charge >= 0.3 is 6.03 Å². The van der Waals surface area contributed by atoms with Crippen molar-refractivity contribution in [2.45, 2.75) is 40.2 Å². The number of carbonyl (C=O) groups is 1. The number of anilines is 1. The fraction of sp³-hybridized carbons (Fsp3) is 0.588. The van der Waals surface area contributed by atoms with E-state index in [9.17, 15) is 14.9 Å². The van der Waals surface area contributed by atoms with Crippen LogP contribution >= 0.6 is 0 Å². The lowest BCUT2D eigenvalue weighted by molar-refractivity contribution is -0.385. The molecule has 0 aliphatic carbocycles. The topological polar surface area (TPSA) is 78.7 Å². The molecule has 0 unspecified atom stereocenters. The van der Waals surface area contributed by atoms with Crippen LogP contribution < -0.4 is 5.32 Å². The first kappa shape index (κ1) is 18.2. The monoisotopic (exact) mass is 334 g/mol. The molecular formula is C17H26N4O3. The maximum Gasteiger partial charge on any atom is 0.321 e. The number of rotatable bonds is 5. The number of benzene rings is 1. The molecule has 1 heterocycles. The van der Waals surface area contributed by atoms with Crippen molar-refractivity contribution in [2.75, 3.05) is 31.5 Å². The van der Waals surface area contributed by atoms with Gasteiger partial charge in [-0.3, -0.25) is 15.0 Å². The van der Waals surface area contributed by atoms with Gasteiger partial charge in [0.1, 0.15) is 0 Å². The van der Waals surface area contributed by atoms with Crippen LogP contribution in [0.1, 0.15) is 31.4 Å². The third-order valence-electron chi connectivity index (χ3n) is 4.76. The molecule has 2 rings (SSSR count).